The smallest absolute Gasteiger partial charge is 0.337 e. The van der Waals surface area contributed by atoms with Gasteiger partial charge in [0.15, 0.2) is 0 Å². The Kier molecular flexibility index (Phi) is 7.18. The van der Waals surface area contributed by atoms with Crippen molar-refractivity contribution in [3.8, 4) is 11.4 Å². The van der Waals surface area contributed by atoms with Gasteiger partial charge in [-0.1, -0.05) is 29.4 Å². The summed E-state index contributed by atoms with van der Waals surface area (Å²) in [7, 11) is 0. The Balaban J connectivity index is 1.31. The Morgan fingerprint density at radius 1 is 1.14 bits per heavy atom. The molecule has 4 rings (SSSR count). The second-order valence-corrected chi connectivity index (χ2v) is 8.50. The van der Waals surface area contributed by atoms with Crippen molar-refractivity contribution >= 4 is 11.6 Å². The molecule has 0 spiro atoms. The van der Waals surface area contributed by atoms with Crippen molar-refractivity contribution in [2.24, 2.45) is 0 Å². The summed E-state index contributed by atoms with van der Waals surface area (Å²) in [5.74, 6) is -0.143. The van der Waals surface area contributed by atoms with Gasteiger partial charge in [-0.05, 0) is 37.6 Å². The Hall–Kier alpha value is -3.31. The Morgan fingerprint density at radius 2 is 1.86 bits per heavy atom. The van der Waals surface area contributed by atoms with E-state index in [2.05, 4.69) is 20.4 Å². The van der Waals surface area contributed by atoms with Crippen LogP contribution in [0.3, 0.4) is 0 Å². The molecule has 0 aliphatic carbocycles. The molecule has 2 heterocycles. The highest BCUT2D eigenvalue weighted by atomic mass is 19.4. The lowest BCUT2D eigenvalue weighted by Crippen LogP contribution is -2.49. The fourth-order valence-corrected chi connectivity index (χ4v) is 3.95. The first-order valence-electron chi connectivity index (χ1n) is 11.1. The zero-order chi connectivity index (χ0) is 25.2. The molecule has 1 aliphatic heterocycles. The van der Waals surface area contributed by atoms with Crippen LogP contribution in [0.25, 0.3) is 11.4 Å². The van der Waals surface area contributed by atoms with Gasteiger partial charge in [0.05, 0.1) is 23.8 Å². The summed E-state index contributed by atoms with van der Waals surface area (Å²) >= 11 is 0. The molecule has 11 heteroatoms. The molecular formula is C24H25F4N5O2. The van der Waals surface area contributed by atoms with Crippen molar-refractivity contribution < 1.29 is 26.9 Å². The zero-order valence-corrected chi connectivity index (χ0v) is 19.3. The van der Waals surface area contributed by atoms with E-state index in [9.17, 15) is 22.4 Å². The zero-order valence-electron chi connectivity index (χ0n) is 19.3. The van der Waals surface area contributed by atoms with Crippen LogP contribution in [-0.4, -0.2) is 58.6 Å². The van der Waals surface area contributed by atoms with E-state index in [1.165, 1.54) is 24.3 Å². The Morgan fingerprint density at radius 3 is 2.54 bits per heavy atom. The van der Waals surface area contributed by atoms with Crippen LogP contribution >= 0.6 is 0 Å². The average Bonchev–Trinajstić information content (AvgIpc) is 3.31. The third-order valence-corrected chi connectivity index (χ3v) is 6.06. The highest BCUT2D eigenvalue weighted by Gasteiger charge is 2.34. The van der Waals surface area contributed by atoms with Gasteiger partial charge in [0.1, 0.15) is 5.82 Å². The molecule has 1 unspecified atom stereocenters. The normalized spacial score (nSPS) is 16.3. The van der Waals surface area contributed by atoms with Gasteiger partial charge in [-0.15, -0.1) is 0 Å². The minimum Gasteiger partial charge on any atom is -0.337 e. The number of anilines is 1. The first-order chi connectivity index (χ1) is 16.6. The molecule has 1 aromatic heterocycles. The number of alkyl halides is 3. The van der Waals surface area contributed by atoms with Gasteiger partial charge in [0, 0.05) is 31.7 Å². The minimum absolute atomic E-state index is 0.0158. The minimum atomic E-state index is -4.55. The lowest BCUT2D eigenvalue weighted by molar-refractivity contribution is -0.137. The number of halogens is 4. The number of rotatable bonds is 6. The van der Waals surface area contributed by atoms with Gasteiger partial charge in [0.25, 0.3) is 0 Å². The van der Waals surface area contributed by atoms with E-state index in [0.717, 1.165) is 6.07 Å². The number of aryl methyl sites for hydroxylation is 1. The second kappa shape index (κ2) is 10.1. The van der Waals surface area contributed by atoms with Crippen LogP contribution in [0.4, 0.5) is 23.2 Å². The number of benzene rings is 2. The van der Waals surface area contributed by atoms with Crippen molar-refractivity contribution in [3.63, 3.8) is 0 Å². The molecule has 0 saturated carbocycles. The van der Waals surface area contributed by atoms with Crippen LogP contribution in [0.2, 0.25) is 0 Å². The summed E-state index contributed by atoms with van der Waals surface area (Å²) in [4.78, 5) is 20.8. The predicted molar refractivity (Wildman–Crippen MR) is 121 cm³/mol. The molecule has 1 atom stereocenters. The number of para-hydroxylation sites is 1. The van der Waals surface area contributed by atoms with E-state index in [1.807, 2.05) is 11.8 Å². The van der Waals surface area contributed by atoms with E-state index in [1.54, 1.807) is 19.1 Å². The summed E-state index contributed by atoms with van der Waals surface area (Å²) < 4.78 is 58.7. The first kappa shape index (κ1) is 24.8. The highest BCUT2D eigenvalue weighted by Crippen LogP contribution is 2.34. The van der Waals surface area contributed by atoms with Gasteiger partial charge in [-0.2, -0.15) is 18.2 Å². The summed E-state index contributed by atoms with van der Waals surface area (Å²) in [6.07, 6.45) is -4.55. The molecule has 3 aromatic rings. The third kappa shape index (κ3) is 5.85. The molecule has 2 aromatic carbocycles. The van der Waals surface area contributed by atoms with E-state index < -0.39 is 17.6 Å². The number of piperazine rings is 1. The van der Waals surface area contributed by atoms with Crippen LogP contribution in [0.5, 0.6) is 0 Å². The molecule has 1 saturated heterocycles. The molecule has 0 radical (unpaired) electrons. The van der Waals surface area contributed by atoms with Crippen molar-refractivity contribution in [2.45, 2.75) is 26.1 Å². The van der Waals surface area contributed by atoms with Crippen LogP contribution in [0, 0.1) is 12.7 Å². The van der Waals surface area contributed by atoms with Crippen LogP contribution < -0.4 is 5.32 Å². The summed E-state index contributed by atoms with van der Waals surface area (Å²) in [6.45, 7) is 5.87. The monoisotopic (exact) mass is 491 g/mol. The maximum atomic E-state index is 13.9. The molecule has 0 bridgehead atoms. The summed E-state index contributed by atoms with van der Waals surface area (Å²) in [6, 6.07) is 9.47. The van der Waals surface area contributed by atoms with Gasteiger partial charge in [-0.3, -0.25) is 14.6 Å². The number of nitrogens with one attached hydrogen (secondary N) is 1. The van der Waals surface area contributed by atoms with Gasteiger partial charge >= 0.3 is 6.18 Å². The topological polar surface area (TPSA) is 74.5 Å². The predicted octanol–water partition coefficient (Wildman–Crippen LogP) is 4.52. The number of carbonyl (C=O) groups is 1. The molecule has 1 N–H and O–H groups in total. The van der Waals surface area contributed by atoms with E-state index in [0.29, 0.717) is 49.0 Å². The summed E-state index contributed by atoms with van der Waals surface area (Å²) in [5, 5.41) is 6.34. The maximum absolute atomic E-state index is 13.9. The molecule has 1 fully saturated rings. The molecular weight excluding hydrogens is 466 g/mol. The largest absolute Gasteiger partial charge is 0.418 e. The number of carbonyl (C=O) groups excluding carboxylic acids is 1. The van der Waals surface area contributed by atoms with E-state index in [4.69, 9.17) is 4.52 Å². The molecule has 1 amide bonds. The fraction of sp³-hybridized carbons (Fsp3) is 0.375. The van der Waals surface area contributed by atoms with Crippen molar-refractivity contribution in [1.82, 2.24) is 19.9 Å². The number of aromatic nitrogens is 2. The lowest BCUT2D eigenvalue weighted by Gasteiger charge is -2.36. The number of hydrogen-bond acceptors (Lipinski definition) is 6. The molecule has 35 heavy (non-hydrogen) atoms. The Bertz CT molecular complexity index is 1190. The van der Waals surface area contributed by atoms with Crippen LogP contribution in [0.15, 0.2) is 47.0 Å². The Labute approximate surface area is 199 Å². The standard InChI is InChI=1S/C24H25F4N5O2/c1-15-7-8-17(13-19(15)25)22-30-23(35-31-22)16(2)33-11-9-32(10-12-33)14-21(34)29-20-6-4-3-5-18(20)24(26,27)28/h3-8,13,16H,9-12,14H2,1-2H3,(H,29,34). The average molecular weight is 491 g/mol. The van der Waals surface area contributed by atoms with Crippen LogP contribution in [-0.2, 0) is 11.0 Å². The van der Waals surface area contributed by atoms with Gasteiger partial charge < -0.3 is 9.84 Å². The molecule has 7 nitrogen and oxygen atoms in total. The first-order valence-corrected chi connectivity index (χ1v) is 11.1. The highest BCUT2D eigenvalue weighted by molar-refractivity contribution is 5.93. The maximum Gasteiger partial charge on any atom is 0.418 e. The quantitative estimate of drug-likeness (QED) is 0.511. The van der Waals surface area contributed by atoms with Gasteiger partial charge in [-0.25, -0.2) is 4.39 Å². The fourth-order valence-electron chi connectivity index (χ4n) is 3.95. The molecule has 1 aliphatic rings. The van der Waals surface area contributed by atoms with Crippen molar-refractivity contribution in [2.75, 3.05) is 38.0 Å². The number of nitrogens with zero attached hydrogens (tertiary/aromatic N) is 4. The van der Waals surface area contributed by atoms with E-state index >= 15 is 0 Å². The number of hydrogen-bond donors (Lipinski definition) is 1. The second-order valence-electron chi connectivity index (χ2n) is 8.50. The van der Waals surface area contributed by atoms with Crippen LogP contribution in [0.1, 0.15) is 30.0 Å². The third-order valence-electron chi connectivity index (χ3n) is 6.06. The van der Waals surface area contributed by atoms with Crippen molar-refractivity contribution in [3.05, 3.63) is 65.3 Å². The molecule has 186 valence electrons. The lowest BCUT2D eigenvalue weighted by atomic mass is 10.1. The summed E-state index contributed by atoms with van der Waals surface area (Å²) in [5.41, 5.74) is -0.0719. The van der Waals surface area contributed by atoms with Gasteiger partial charge in [0.2, 0.25) is 17.6 Å². The van der Waals surface area contributed by atoms with Crippen molar-refractivity contribution in [1.29, 1.82) is 0 Å². The SMILES string of the molecule is Cc1ccc(-c2noc(C(C)N3CCN(CC(=O)Nc4ccccc4C(F)(F)F)CC3)n2)cc1F. The van der Waals surface area contributed by atoms with E-state index in [-0.39, 0.29) is 24.1 Å². The number of amides is 1.